The number of rotatable bonds is 9. The molecule has 2 fully saturated rings. The summed E-state index contributed by atoms with van der Waals surface area (Å²) in [6.45, 7) is 19.3. The molecule has 0 aliphatic heterocycles. The second-order valence-corrected chi connectivity index (χ2v) is 15.8. The van der Waals surface area contributed by atoms with Gasteiger partial charge in [0.05, 0.1) is 6.10 Å². The summed E-state index contributed by atoms with van der Waals surface area (Å²) in [6, 6.07) is 0. The molecule has 0 heterocycles. The highest BCUT2D eigenvalue weighted by Crippen LogP contribution is 2.73. The lowest BCUT2D eigenvalue weighted by atomic mass is 9.42. The lowest BCUT2D eigenvalue weighted by Crippen LogP contribution is -2.60. The van der Waals surface area contributed by atoms with Gasteiger partial charge in [0, 0.05) is 50.7 Å². The van der Waals surface area contributed by atoms with Gasteiger partial charge in [0.25, 0.3) is 0 Å². The van der Waals surface area contributed by atoms with Crippen LogP contribution in [0, 0.1) is 39.4 Å². The van der Waals surface area contributed by atoms with Crippen molar-refractivity contribution in [2.24, 2.45) is 39.4 Å². The first kappa shape index (κ1) is 36.2. The number of ether oxygens (including phenoxy) is 4. The molecule has 46 heavy (non-hydrogen) atoms. The van der Waals surface area contributed by atoms with E-state index < -0.39 is 29.6 Å². The quantitative estimate of drug-likeness (QED) is 0.125. The minimum Gasteiger partial charge on any atom is -0.478 e. The lowest BCUT2D eigenvalue weighted by Gasteiger charge is -2.64. The molecule has 10 atom stereocenters. The number of hydrogen-bond donors (Lipinski definition) is 1. The van der Waals surface area contributed by atoms with Gasteiger partial charge in [0.2, 0.25) is 0 Å². The molecule has 4 aliphatic carbocycles. The lowest BCUT2D eigenvalue weighted by molar-refractivity contribution is -0.172. The van der Waals surface area contributed by atoms with E-state index in [1.165, 1.54) is 31.9 Å². The smallest absolute Gasteiger partial charge is 0.330 e. The predicted octanol–water partition coefficient (Wildman–Crippen LogP) is 6.82. The third-order valence-corrected chi connectivity index (χ3v) is 13.2. The topological polar surface area (TPSA) is 125 Å². The van der Waals surface area contributed by atoms with Gasteiger partial charge in [-0.2, -0.15) is 0 Å². The highest BCUT2D eigenvalue weighted by Gasteiger charge is 2.70. The van der Waals surface area contributed by atoms with Crippen LogP contribution in [-0.2, 0) is 38.1 Å². The fourth-order valence-corrected chi connectivity index (χ4v) is 10.6. The maximum absolute atomic E-state index is 12.7. The average molecular weight is 645 g/mol. The Bertz CT molecular complexity index is 1310. The normalized spacial score (nSPS) is 38.1. The molecule has 0 aromatic carbocycles. The molecule has 0 aromatic heterocycles. The molecule has 0 spiro atoms. The largest absolute Gasteiger partial charge is 0.478 e. The zero-order valence-electron chi connectivity index (χ0n) is 29.8. The van der Waals surface area contributed by atoms with Crippen molar-refractivity contribution in [3.63, 3.8) is 0 Å². The van der Waals surface area contributed by atoms with Crippen molar-refractivity contribution >= 4 is 23.9 Å². The highest BCUT2D eigenvalue weighted by atomic mass is 16.6. The Balaban J connectivity index is 1.84. The fraction of sp³-hybridized carbons (Fsp3) is 0.784. The Hall–Kier alpha value is -2.68. The van der Waals surface area contributed by atoms with Gasteiger partial charge in [-0.25, -0.2) is 4.79 Å². The third-order valence-electron chi connectivity index (χ3n) is 13.2. The van der Waals surface area contributed by atoms with Crippen LogP contribution in [0.3, 0.4) is 0 Å². The van der Waals surface area contributed by atoms with Crippen LogP contribution in [0.25, 0.3) is 0 Å². The molecule has 2 saturated carbocycles. The van der Waals surface area contributed by atoms with Gasteiger partial charge in [0.15, 0.2) is 0 Å². The molecule has 0 amide bonds. The Labute approximate surface area is 274 Å². The minimum atomic E-state index is -1.00. The number of fused-ring (bicyclic) bond motifs is 4. The van der Waals surface area contributed by atoms with Crippen LogP contribution in [0.5, 0.6) is 0 Å². The van der Waals surface area contributed by atoms with Crippen molar-refractivity contribution < 1.29 is 43.2 Å². The summed E-state index contributed by atoms with van der Waals surface area (Å²) in [5.74, 6) is -1.91. The molecule has 0 unspecified atom stereocenters. The van der Waals surface area contributed by atoms with Crippen LogP contribution >= 0.6 is 0 Å². The number of carboxylic acids is 1. The number of carbonyl (C=O) groups excluding carboxylic acids is 3. The zero-order valence-corrected chi connectivity index (χ0v) is 29.8. The van der Waals surface area contributed by atoms with Crippen LogP contribution in [0.1, 0.15) is 114 Å². The standard InChI is InChI=1S/C37H56O9/c1-20(33(41)42)12-13-27(44-22(3)38)21(2)26-18-31(46-24(5)40)37(10)32-25(14-17-36(26,37)9)35(8)16-15-30(45-23(4)39)34(6,7)29(35)19-28(32)43-11/h12,21,26-31H,13-19H2,1-11H3,(H,41,42)/b20-12+/t21-,26+,27-,28+,29-,30+,31-,35+,36+,37-/m0/s1. The van der Waals surface area contributed by atoms with E-state index in [9.17, 15) is 24.3 Å². The number of carboxylic acid groups (broad SMARTS) is 1. The SMILES string of the molecule is CO[C@@H]1C[C@H]2C(C)(C)[C@H](OC(C)=O)CC[C@]2(C)C2=C1[C@]1(C)[C@@H](OC(C)=O)C[C@H]([C@H](C)[C@H](C/C=C(\C)C(=O)O)OC(C)=O)[C@@]1(C)CC2. The van der Waals surface area contributed by atoms with Gasteiger partial charge < -0.3 is 24.1 Å². The van der Waals surface area contributed by atoms with E-state index in [-0.39, 0.29) is 70.1 Å². The number of carbonyl (C=O) groups is 4. The number of methoxy groups -OCH3 is 1. The summed E-state index contributed by atoms with van der Waals surface area (Å²) < 4.78 is 24.4. The van der Waals surface area contributed by atoms with Gasteiger partial charge in [-0.15, -0.1) is 0 Å². The summed E-state index contributed by atoms with van der Waals surface area (Å²) in [7, 11) is 1.76. The van der Waals surface area contributed by atoms with Crippen molar-refractivity contribution in [2.45, 2.75) is 139 Å². The molecule has 0 aromatic rings. The Morgan fingerprint density at radius 1 is 0.913 bits per heavy atom. The van der Waals surface area contributed by atoms with Gasteiger partial charge in [-0.05, 0) is 79.6 Å². The van der Waals surface area contributed by atoms with Crippen molar-refractivity contribution in [3.05, 3.63) is 22.8 Å². The molecule has 258 valence electrons. The number of hydrogen-bond acceptors (Lipinski definition) is 8. The number of esters is 3. The maximum atomic E-state index is 12.7. The second-order valence-electron chi connectivity index (χ2n) is 15.8. The van der Waals surface area contributed by atoms with Crippen LogP contribution in [-0.4, -0.2) is 60.5 Å². The van der Waals surface area contributed by atoms with Gasteiger partial charge >= 0.3 is 23.9 Å². The van der Waals surface area contributed by atoms with E-state index in [4.69, 9.17) is 18.9 Å². The van der Waals surface area contributed by atoms with Crippen molar-refractivity contribution in [3.8, 4) is 0 Å². The first-order valence-electron chi connectivity index (χ1n) is 16.9. The van der Waals surface area contributed by atoms with Crippen LogP contribution in [0.4, 0.5) is 0 Å². The third kappa shape index (κ3) is 5.83. The van der Waals surface area contributed by atoms with E-state index in [1.807, 2.05) is 0 Å². The predicted molar refractivity (Wildman–Crippen MR) is 172 cm³/mol. The summed E-state index contributed by atoms with van der Waals surface area (Å²) in [4.78, 5) is 48.6. The fourth-order valence-electron chi connectivity index (χ4n) is 10.6. The first-order valence-corrected chi connectivity index (χ1v) is 16.9. The Morgan fingerprint density at radius 3 is 2.07 bits per heavy atom. The summed E-state index contributed by atoms with van der Waals surface area (Å²) in [5.41, 5.74) is 1.55. The molecule has 4 rings (SSSR count). The van der Waals surface area contributed by atoms with Crippen molar-refractivity contribution in [2.75, 3.05) is 7.11 Å². The maximum Gasteiger partial charge on any atom is 0.330 e. The molecule has 0 bridgehead atoms. The zero-order chi connectivity index (χ0) is 34.6. The van der Waals surface area contributed by atoms with Gasteiger partial charge in [0.1, 0.15) is 18.3 Å². The average Bonchev–Trinajstić information content (AvgIpc) is 3.18. The van der Waals surface area contributed by atoms with E-state index >= 15 is 0 Å². The molecule has 9 heteroatoms. The monoisotopic (exact) mass is 644 g/mol. The first-order chi connectivity index (χ1) is 21.2. The molecule has 1 N–H and O–H groups in total. The Morgan fingerprint density at radius 2 is 1.52 bits per heavy atom. The van der Waals surface area contributed by atoms with E-state index in [0.717, 1.165) is 32.1 Å². The molecule has 0 saturated heterocycles. The van der Waals surface area contributed by atoms with Crippen molar-refractivity contribution in [1.29, 1.82) is 0 Å². The van der Waals surface area contributed by atoms with Crippen LogP contribution in [0.2, 0.25) is 0 Å². The second kappa shape index (κ2) is 12.7. The van der Waals surface area contributed by atoms with E-state index in [1.54, 1.807) is 20.1 Å². The Kier molecular flexibility index (Phi) is 10.0. The van der Waals surface area contributed by atoms with Gasteiger partial charge in [-0.3, -0.25) is 14.4 Å². The summed E-state index contributed by atoms with van der Waals surface area (Å²) in [6.07, 6.45) is 5.36. The van der Waals surface area contributed by atoms with Crippen LogP contribution in [0.15, 0.2) is 22.8 Å². The van der Waals surface area contributed by atoms with E-state index in [2.05, 4.69) is 41.5 Å². The molecule has 0 radical (unpaired) electrons. The molecular weight excluding hydrogens is 588 g/mol. The minimum absolute atomic E-state index is 0.0120. The van der Waals surface area contributed by atoms with E-state index in [0.29, 0.717) is 6.42 Å². The molecule has 9 nitrogen and oxygen atoms in total. The van der Waals surface area contributed by atoms with Crippen LogP contribution < -0.4 is 0 Å². The number of allylic oxidation sites excluding steroid dienone is 1. The summed E-state index contributed by atoms with van der Waals surface area (Å²) >= 11 is 0. The number of aliphatic carboxylic acids is 1. The summed E-state index contributed by atoms with van der Waals surface area (Å²) in [5, 5.41) is 9.46. The van der Waals surface area contributed by atoms with Gasteiger partial charge in [-0.1, -0.05) is 53.2 Å². The molecular formula is C37H56O9. The highest BCUT2D eigenvalue weighted by molar-refractivity contribution is 5.85. The molecule has 4 aliphatic rings. The van der Waals surface area contributed by atoms with Crippen molar-refractivity contribution in [1.82, 2.24) is 0 Å².